The van der Waals surface area contributed by atoms with Crippen LogP contribution in [-0.2, 0) is 30.7 Å². The Morgan fingerprint density at radius 2 is 1.81 bits per heavy atom. The zero-order valence-corrected chi connectivity index (χ0v) is 18.5. The van der Waals surface area contributed by atoms with Crippen molar-refractivity contribution in [2.75, 3.05) is 10.6 Å². The Bertz CT molecular complexity index is 1230. The highest BCUT2D eigenvalue weighted by Crippen LogP contribution is 2.25. The van der Waals surface area contributed by atoms with Gasteiger partial charge in [0.25, 0.3) is 0 Å². The molecular weight excluding hydrogens is 390 g/mol. The molecule has 8 nitrogen and oxygen atoms in total. The van der Waals surface area contributed by atoms with Gasteiger partial charge in [-0.05, 0) is 23.8 Å². The maximum Gasteiger partial charge on any atom is 0.229 e. The molecule has 3 heterocycles. The molecule has 1 aromatic carbocycles. The summed E-state index contributed by atoms with van der Waals surface area (Å²) in [5.41, 5.74) is 3.57. The molecule has 0 aliphatic rings. The fourth-order valence-corrected chi connectivity index (χ4v) is 3.34. The second kappa shape index (κ2) is 7.86. The SMILES string of the molecule is Cn1nc(C(C)(C)C)cc1NC(=O)Cc1ccc(Nc2ncnc3c2ccn3C)cc1. The van der Waals surface area contributed by atoms with Crippen LogP contribution in [0, 0.1) is 0 Å². The third-order valence-corrected chi connectivity index (χ3v) is 5.16. The van der Waals surface area contributed by atoms with E-state index in [-0.39, 0.29) is 17.7 Å². The number of benzene rings is 1. The molecule has 31 heavy (non-hydrogen) atoms. The summed E-state index contributed by atoms with van der Waals surface area (Å²) in [6.07, 6.45) is 3.79. The van der Waals surface area contributed by atoms with Crippen molar-refractivity contribution in [2.45, 2.75) is 32.6 Å². The first-order valence-electron chi connectivity index (χ1n) is 10.2. The first-order chi connectivity index (χ1) is 14.7. The van der Waals surface area contributed by atoms with Gasteiger partial charge in [0.15, 0.2) is 0 Å². The van der Waals surface area contributed by atoms with Gasteiger partial charge in [-0.25, -0.2) is 9.97 Å². The number of anilines is 3. The van der Waals surface area contributed by atoms with E-state index in [4.69, 9.17) is 0 Å². The topological polar surface area (TPSA) is 89.7 Å². The third kappa shape index (κ3) is 4.42. The van der Waals surface area contributed by atoms with E-state index in [1.54, 1.807) is 11.0 Å². The molecule has 0 atom stereocenters. The number of nitrogens with zero attached hydrogens (tertiary/aromatic N) is 5. The van der Waals surface area contributed by atoms with Crippen molar-refractivity contribution >= 4 is 34.3 Å². The van der Waals surface area contributed by atoms with Gasteiger partial charge in [0.2, 0.25) is 5.91 Å². The first kappa shape index (κ1) is 20.6. The number of fused-ring (bicyclic) bond motifs is 1. The van der Waals surface area contributed by atoms with Crippen LogP contribution in [0.2, 0.25) is 0 Å². The van der Waals surface area contributed by atoms with Crippen LogP contribution in [-0.4, -0.2) is 30.2 Å². The van der Waals surface area contributed by atoms with Gasteiger partial charge in [-0.3, -0.25) is 9.48 Å². The minimum atomic E-state index is -0.0778. The molecule has 0 bridgehead atoms. The Morgan fingerprint density at radius 3 is 2.48 bits per heavy atom. The Hall–Kier alpha value is -3.68. The molecule has 1 amide bonds. The zero-order valence-electron chi connectivity index (χ0n) is 18.5. The lowest BCUT2D eigenvalue weighted by atomic mass is 9.92. The molecule has 0 aliphatic heterocycles. The number of hydrogen-bond acceptors (Lipinski definition) is 5. The predicted octanol–water partition coefficient (Wildman–Crippen LogP) is 3.92. The monoisotopic (exact) mass is 417 g/mol. The summed E-state index contributed by atoms with van der Waals surface area (Å²) in [4.78, 5) is 21.2. The summed E-state index contributed by atoms with van der Waals surface area (Å²) in [7, 11) is 3.79. The van der Waals surface area contributed by atoms with Gasteiger partial charge in [0.05, 0.1) is 17.5 Å². The summed E-state index contributed by atoms with van der Waals surface area (Å²) in [6, 6.07) is 11.7. The normalized spacial score (nSPS) is 11.6. The lowest BCUT2D eigenvalue weighted by molar-refractivity contribution is -0.115. The highest BCUT2D eigenvalue weighted by atomic mass is 16.1. The van der Waals surface area contributed by atoms with Crippen LogP contribution < -0.4 is 10.6 Å². The lowest BCUT2D eigenvalue weighted by Crippen LogP contribution is -2.16. The van der Waals surface area contributed by atoms with Crippen molar-refractivity contribution in [2.24, 2.45) is 14.1 Å². The molecule has 0 fully saturated rings. The van der Waals surface area contributed by atoms with Gasteiger partial charge in [0.1, 0.15) is 23.6 Å². The molecule has 2 N–H and O–H groups in total. The maximum absolute atomic E-state index is 12.5. The quantitative estimate of drug-likeness (QED) is 0.514. The predicted molar refractivity (Wildman–Crippen MR) is 122 cm³/mol. The Labute approximate surface area is 181 Å². The van der Waals surface area contributed by atoms with E-state index in [1.165, 1.54) is 0 Å². The maximum atomic E-state index is 12.5. The van der Waals surface area contributed by atoms with Gasteiger partial charge in [0, 0.05) is 37.5 Å². The number of carbonyl (C=O) groups excluding carboxylic acids is 1. The van der Waals surface area contributed by atoms with E-state index < -0.39 is 0 Å². The Kier molecular flexibility index (Phi) is 5.22. The lowest BCUT2D eigenvalue weighted by Gasteiger charge is -2.13. The number of carbonyl (C=O) groups is 1. The fraction of sp³-hybridized carbons (Fsp3) is 0.304. The van der Waals surface area contributed by atoms with Crippen molar-refractivity contribution in [3.05, 3.63) is 60.2 Å². The molecule has 3 aromatic heterocycles. The van der Waals surface area contributed by atoms with E-state index in [2.05, 4.69) is 46.5 Å². The summed E-state index contributed by atoms with van der Waals surface area (Å²) < 4.78 is 3.66. The van der Waals surface area contributed by atoms with Crippen LogP contribution in [0.15, 0.2) is 48.9 Å². The van der Waals surface area contributed by atoms with Gasteiger partial charge < -0.3 is 15.2 Å². The van der Waals surface area contributed by atoms with Crippen LogP contribution in [0.1, 0.15) is 32.0 Å². The minimum Gasteiger partial charge on any atom is -0.340 e. The molecule has 160 valence electrons. The van der Waals surface area contributed by atoms with Crippen molar-refractivity contribution in [3.63, 3.8) is 0 Å². The number of aromatic nitrogens is 5. The third-order valence-electron chi connectivity index (χ3n) is 5.16. The molecule has 0 saturated heterocycles. The molecule has 0 unspecified atom stereocenters. The van der Waals surface area contributed by atoms with Crippen molar-refractivity contribution in [1.29, 1.82) is 0 Å². The van der Waals surface area contributed by atoms with E-state index in [0.29, 0.717) is 5.82 Å². The van der Waals surface area contributed by atoms with Crippen molar-refractivity contribution < 1.29 is 4.79 Å². The van der Waals surface area contributed by atoms with Crippen LogP contribution in [0.4, 0.5) is 17.3 Å². The van der Waals surface area contributed by atoms with Crippen LogP contribution >= 0.6 is 0 Å². The average molecular weight is 418 g/mol. The molecule has 0 spiro atoms. The van der Waals surface area contributed by atoms with Crippen molar-refractivity contribution in [1.82, 2.24) is 24.3 Å². The Morgan fingerprint density at radius 1 is 1.06 bits per heavy atom. The van der Waals surface area contributed by atoms with E-state index in [0.717, 1.165) is 33.8 Å². The summed E-state index contributed by atoms with van der Waals surface area (Å²) in [6.45, 7) is 6.29. The summed E-state index contributed by atoms with van der Waals surface area (Å²) >= 11 is 0. The van der Waals surface area contributed by atoms with Crippen LogP contribution in [0.3, 0.4) is 0 Å². The summed E-state index contributed by atoms with van der Waals surface area (Å²) in [5, 5.41) is 11.7. The van der Waals surface area contributed by atoms with Crippen molar-refractivity contribution in [3.8, 4) is 0 Å². The number of nitrogens with one attached hydrogen (secondary N) is 2. The molecule has 4 aromatic rings. The molecular formula is C23H27N7O. The van der Waals surface area contributed by atoms with E-state index in [1.807, 2.05) is 61.3 Å². The number of aryl methyl sites for hydroxylation is 2. The molecule has 0 saturated carbocycles. The molecule has 0 aliphatic carbocycles. The second-order valence-corrected chi connectivity index (χ2v) is 8.72. The first-order valence-corrected chi connectivity index (χ1v) is 10.2. The van der Waals surface area contributed by atoms with Gasteiger partial charge >= 0.3 is 0 Å². The highest BCUT2D eigenvalue weighted by molar-refractivity contribution is 5.92. The zero-order chi connectivity index (χ0) is 22.2. The molecule has 0 radical (unpaired) electrons. The number of rotatable bonds is 5. The van der Waals surface area contributed by atoms with E-state index in [9.17, 15) is 4.79 Å². The standard InChI is InChI=1S/C23H27N7O/c1-23(2,3)18-13-19(30(5)28-18)27-20(31)12-15-6-8-16(9-7-15)26-21-17-10-11-29(4)22(17)25-14-24-21/h6-11,13-14H,12H2,1-5H3,(H,27,31)(H,24,25,26). The molecule has 4 rings (SSSR count). The van der Waals surface area contributed by atoms with Gasteiger partial charge in [-0.1, -0.05) is 32.9 Å². The number of amides is 1. The Balaban J connectivity index is 1.41. The van der Waals surface area contributed by atoms with Crippen LogP contribution in [0.5, 0.6) is 0 Å². The van der Waals surface area contributed by atoms with Gasteiger partial charge in [-0.15, -0.1) is 0 Å². The highest BCUT2D eigenvalue weighted by Gasteiger charge is 2.19. The number of hydrogen-bond donors (Lipinski definition) is 2. The molecule has 8 heteroatoms. The van der Waals surface area contributed by atoms with E-state index >= 15 is 0 Å². The summed E-state index contributed by atoms with van der Waals surface area (Å²) in [5.74, 6) is 1.37. The second-order valence-electron chi connectivity index (χ2n) is 8.72. The minimum absolute atomic E-state index is 0.0709. The fourth-order valence-electron chi connectivity index (χ4n) is 3.34. The average Bonchev–Trinajstić information content (AvgIpc) is 3.27. The largest absolute Gasteiger partial charge is 0.340 e. The smallest absolute Gasteiger partial charge is 0.229 e. The van der Waals surface area contributed by atoms with Crippen LogP contribution in [0.25, 0.3) is 11.0 Å². The van der Waals surface area contributed by atoms with Gasteiger partial charge in [-0.2, -0.15) is 5.10 Å².